The van der Waals surface area contributed by atoms with Crippen LogP contribution in [0.3, 0.4) is 0 Å². The number of nitrogens with one attached hydrogen (secondary N) is 1. The molecule has 0 aliphatic heterocycles. The van der Waals surface area contributed by atoms with Gasteiger partial charge in [-0.3, -0.25) is 14.9 Å². The Morgan fingerprint density at radius 2 is 1.96 bits per heavy atom. The lowest BCUT2D eigenvalue weighted by molar-refractivity contribution is 0.102. The highest BCUT2D eigenvalue weighted by molar-refractivity contribution is 7.18. The SMILES string of the molecule is O=Cc1cc(C(=O)Nc2nnc(-c3ccccc3)s2)cc(F)c1O. The molecule has 1 amide bonds. The van der Waals surface area contributed by atoms with Crippen LogP contribution in [0.2, 0.25) is 0 Å². The number of halogens is 1. The molecule has 2 N–H and O–H groups in total. The number of hydrogen-bond donors (Lipinski definition) is 2. The quantitative estimate of drug-likeness (QED) is 0.710. The van der Waals surface area contributed by atoms with Gasteiger partial charge in [-0.2, -0.15) is 0 Å². The molecule has 0 atom stereocenters. The van der Waals surface area contributed by atoms with Gasteiger partial charge in [-0.1, -0.05) is 41.7 Å². The second-order valence-electron chi connectivity index (χ2n) is 4.75. The number of aromatic nitrogens is 2. The van der Waals surface area contributed by atoms with Gasteiger partial charge in [-0.05, 0) is 12.1 Å². The van der Waals surface area contributed by atoms with Gasteiger partial charge in [0.15, 0.2) is 17.9 Å². The summed E-state index contributed by atoms with van der Waals surface area (Å²) < 4.78 is 13.5. The number of hydrogen-bond acceptors (Lipinski definition) is 6. The van der Waals surface area contributed by atoms with Crippen molar-refractivity contribution in [2.24, 2.45) is 0 Å². The first-order valence-electron chi connectivity index (χ1n) is 6.76. The van der Waals surface area contributed by atoms with Gasteiger partial charge in [0, 0.05) is 11.1 Å². The third-order valence-corrected chi connectivity index (χ3v) is 4.04. The molecule has 0 radical (unpaired) electrons. The average molecular weight is 343 g/mol. The summed E-state index contributed by atoms with van der Waals surface area (Å²) in [5.74, 6) is -2.50. The van der Waals surface area contributed by atoms with Crippen molar-refractivity contribution < 1.29 is 19.1 Å². The van der Waals surface area contributed by atoms with Gasteiger partial charge < -0.3 is 5.11 Å². The van der Waals surface area contributed by atoms with Gasteiger partial charge in [0.05, 0.1) is 5.56 Å². The molecule has 0 spiro atoms. The maximum Gasteiger partial charge on any atom is 0.257 e. The molecular formula is C16H10FN3O3S. The van der Waals surface area contributed by atoms with Gasteiger partial charge in [0.1, 0.15) is 5.01 Å². The Balaban J connectivity index is 1.82. The first-order valence-corrected chi connectivity index (χ1v) is 7.58. The molecule has 0 saturated heterocycles. The summed E-state index contributed by atoms with van der Waals surface area (Å²) in [4.78, 5) is 22.9. The standard InChI is InChI=1S/C16H10FN3O3S/c17-12-7-10(6-11(8-21)13(12)22)14(23)18-16-20-19-15(24-16)9-4-2-1-3-5-9/h1-8,22H,(H,18,20,23). The molecule has 120 valence electrons. The zero-order valence-electron chi connectivity index (χ0n) is 12.1. The van der Waals surface area contributed by atoms with E-state index in [9.17, 15) is 19.1 Å². The number of carbonyl (C=O) groups excluding carboxylic acids is 2. The van der Waals surface area contributed by atoms with Crippen LogP contribution in [0, 0.1) is 5.82 Å². The third-order valence-electron chi connectivity index (χ3n) is 3.15. The molecule has 2 aromatic carbocycles. The highest BCUT2D eigenvalue weighted by Crippen LogP contribution is 2.27. The van der Waals surface area contributed by atoms with Crippen LogP contribution in [-0.2, 0) is 0 Å². The van der Waals surface area contributed by atoms with Crippen molar-refractivity contribution in [3.63, 3.8) is 0 Å². The highest BCUT2D eigenvalue weighted by Gasteiger charge is 2.16. The van der Waals surface area contributed by atoms with Gasteiger partial charge in [-0.15, -0.1) is 10.2 Å². The Morgan fingerprint density at radius 1 is 1.21 bits per heavy atom. The van der Waals surface area contributed by atoms with Gasteiger partial charge in [-0.25, -0.2) is 4.39 Å². The maximum atomic E-state index is 13.5. The van der Waals surface area contributed by atoms with E-state index in [2.05, 4.69) is 15.5 Å². The van der Waals surface area contributed by atoms with E-state index in [4.69, 9.17) is 0 Å². The minimum absolute atomic E-state index is 0.108. The van der Waals surface area contributed by atoms with E-state index in [-0.39, 0.29) is 22.5 Å². The Bertz CT molecular complexity index is 912. The predicted molar refractivity (Wildman–Crippen MR) is 86.8 cm³/mol. The largest absolute Gasteiger partial charge is 0.504 e. The molecule has 1 heterocycles. The Labute approximate surface area is 139 Å². The summed E-state index contributed by atoms with van der Waals surface area (Å²) >= 11 is 1.16. The zero-order chi connectivity index (χ0) is 17.1. The van der Waals surface area contributed by atoms with E-state index in [0.717, 1.165) is 29.0 Å². The predicted octanol–water partition coefficient (Wildman–Crippen LogP) is 3.11. The number of benzene rings is 2. The molecule has 3 rings (SSSR count). The lowest BCUT2D eigenvalue weighted by Gasteiger charge is -2.04. The second kappa shape index (κ2) is 6.55. The van der Waals surface area contributed by atoms with Gasteiger partial charge >= 0.3 is 0 Å². The highest BCUT2D eigenvalue weighted by atomic mass is 32.1. The minimum atomic E-state index is -1.05. The number of rotatable bonds is 4. The molecule has 1 aromatic heterocycles. The van der Waals surface area contributed by atoms with Gasteiger partial charge in [0.25, 0.3) is 5.91 Å². The lowest BCUT2D eigenvalue weighted by Crippen LogP contribution is -2.12. The minimum Gasteiger partial charge on any atom is -0.504 e. The topological polar surface area (TPSA) is 92.2 Å². The summed E-state index contributed by atoms with van der Waals surface area (Å²) in [5, 5.41) is 20.6. The molecule has 0 aliphatic carbocycles. The van der Waals surface area contributed by atoms with Crippen molar-refractivity contribution in [1.29, 1.82) is 0 Å². The number of aldehydes is 1. The van der Waals surface area contributed by atoms with Crippen molar-refractivity contribution in [1.82, 2.24) is 10.2 Å². The van der Waals surface area contributed by atoms with Crippen LogP contribution in [0.15, 0.2) is 42.5 Å². The molecule has 8 heteroatoms. The normalized spacial score (nSPS) is 10.4. The number of carbonyl (C=O) groups is 2. The molecule has 0 bridgehead atoms. The summed E-state index contributed by atoms with van der Waals surface area (Å²) in [6.45, 7) is 0. The van der Waals surface area contributed by atoms with E-state index in [1.54, 1.807) is 0 Å². The zero-order valence-corrected chi connectivity index (χ0v) is 12.9. The fraction of sp³-hybridized carbons (Fsp3) is 0. The summed E-state index contributed by atoms with van der Waals surface area (Å²) in [7, 11) is 0. The van der Waals surface area contributed by atoms with Crippen molar-refractivity contribution in [3.05, 3.63) is 59.4 Å². The smallest absolute Gasteiger partial charge is 0.257 e. The molecular weight excluding hydrogens is 333 g/mol. The van der Waals surface area contributed by atoms with E-state index >= 15 is 0 Å². The van der Waals surface area contributed by atoms with Crippen molar-refractivity contribution in [2.75, 3.05) is 5.32 Å². The molecule has 0 unspecified atom stereocenters. The van der Waals surface area contributed by atoms with Crippen LogP contribution in [0.5, 0.6) is 5.75 Å². The van der Waals surface area contributed by atoms with E-state index in [1.165, 1.54) is 0 Å². The molecule has 24 heavy (non-hydrogen) atoms. The summed E-state index contributed by atoms with van der Waals surface area (Å²) in [6.07, 6.45) is 0.271. The fourth-order valence-corrected chi connectivity index (χ4v) is 2.73. The Kier molecular flexibility index (Phi) is 4.30. The first-order chi connectivity index (χ1) is 11.6. The number of anilines is 1. The van der Waals surface area contributed by atoms with E-state index in [1.807, 2.05) is 30.3 Å². The Hall–Kier alpha value is -3.13. The van der Waals surface area contributed by atoms with Gasteiger partial charge in [0.2, 0.25) is 5.13 Å². The number of aromatic hydroxyl groups is 1. The second-order valence-corrected chi connectivity index (χ2v) is 5.72. The van der Waals surface area contributed by atoms with E-state index < -0.39 is 17.5 Å². The van der Waals surface area contributed by atoms with E-state index in [0.29, 0.717) is 5.01 Å². The molecule has 0 fully saturated rings. The van der Waals surface area contributed by atoms with Crippen molar-refractivity contribution in [2.45, 2.75) is 0 Å². The summed E-state index contributed by atoms with van der Waals surface area (Å²) in [5.41, 5.74) is 0.445. The van der Waals surface area contributed by atoms with Crippen LogP contribution in [0.1, 0.15) is 20.7 Å². The molecule has 0 aliphatic rings. The molecule has 3 aromatic rings. The van der Waals surface area contributed by atoms with Crippen LogP contribution in [0.4, 0.5) is 9.52 Å². The molecule has 6 nitrogen and oxygen atoms in total. The van der Waals surface area contributed by atoms with Crippen LogP contribution >= 0.6 is 11.3 Å². The Morgan fingerprint density at radius 3 is 2.67 bits per heavy atom. The number of phenolic OH excluding ortho intramolecular Hbond substituents is 1. The fourth-order valence-electron chi connectivity index (χ4n) is 1.98. The monoisotopic (exact) mass is 343 g/mol. The van der Waals surface area contributed by atoms with Crippen LogP contribution in [-0.4, -0.2) is 27.5 Å². The number of phenols is 1. The third kappa shape index (κ3) is 3.13. The molecule has 0 saturated carbocycles. The van der Waals surface area contributed by atoms with Crippen molar-refractivity contribution >= 4 is 28.7 Å². The first kappa shape index (κ1) is 15.8. The number of nitrogens with zero attached hydrogens (tertiary/aromatic N) is 2. The lowest BCUT2D eigenvalue weighted by atomic mass is 10.1. The summed E-state index contributed by atoms with van der Waals surface area (Å²) in [6, 6.07) is 11.2. The van der Waals surface area contributed by atoms with Crippen LogP contribution < -0.4 is 5.32 Å². The van der Waals surface area contributed by atoms with Crippen LogP contribution in [0.25, 0.3) is 10.6 Å². The maximum absolute atomic E-state index is 13.5. The average Bonchev–Trinajstić information content (AvgIpc) is 3.06. The number of amides is 1. The van der Waals surface area contributed by atoms with Crippen molar-refractivity contribution in [3.8, 4) is 16.3 Å².